The van der Waals surface area contributed by atoms with Crippen LogP contribution < -0.4 is 5.32 Å². The van der Waals surface area contributed by atoms with Gasteiger partial charge in [0.05, 0.1) is 5.69 Å². The van der Waals surface area contributed by atoms with Crippen LogP contribution in [0.2, 0.25) is 0 Å². The number of carbonyl (C=O) groups excluding carboxylic acids is 4. The molecule has 1 aromatic carbocycles. The van der Waals surface area contributed by atoms with Gasteiger partial charge in [-0.25, -0.2) is 0 Å². The molecule has 1 fully saturated rings. The second-order valence-electron chi connectivity index (χ2n) is 5.94. The quantitative estimate of drug-likeness (QED) is 0.626. The van der Waals surface area contributed by atoms with Crippen molar-refractivity contribution in [2.24, 2.45) is 0 Å². The smallest absolute Gasteiger partial charge is 0.326 e. The number of hydrogen-bond donors (Lipinski definition) is 1. The van der Waals surface area contributed by atoms with Crippen LogP contribution in [0.3, 0.4) is 0 Å². The number of anilines is 1. The predicted octanol–water partition coefficient (Wildman–Crippen LogP) is 1.77. The molecular weight excluding hydrogens is 324 g/mol. The van der Waals surface area contributed by atoms with Crippen LogP contribution in [0.1, 0.15) is 43.0 Å². The molecule has 25 heavy (non-hydrogen) atoms. The van der Waals surface area contributed by atoms with Gasteiger partial charge in [-0.05, 0) is 31.9 Å². The Bertz CT molecular complexity index is 671. The fraction of sp³-hybridized carbons (Fsp3) is 0.444. The lowest BCUT2D eigenvalue weighted by Crippen LogP contribution is -2.36. The number of nitrogens with zero attached hydrogens (tertiary/aromatic N) is 1. The van der Waals surface area contributed by atoms with Crippen LogP contribution in [0, 0.1) is 0 Å². The average Bonchev–Trinajstić information content (AvgIpc) is 2.78. The number of ketones is 1. The lowest BCUT2D eigenvalue weighted by Gasteiger charge is -2.19. The van der Waals surface area contributed by atoms with Crippen molar-refractivity contribution >= 4 is 29.3 Å². The molecule has 2 amide bonds. The fourth-order valence-electron chi connectivity index (χ4n) is 2.64. The van der Waals surface area contributed by atoms with Gasteiger partial charge in [-0.3, -0.25) is 19.2 Å². The number of nitrogens with one attached hydrogen (secondary N) is 1. The van der Waals surface area contributed by atoms with E-state index in [1.807, 2.05) is 0 Å². The first kappa shape index (κ1) is 18.6. The predicted molar refractivity (Wildman–Crippen MR) is 91.1 cm³/mol. The minimum absolute atomic E-state index is 0.0608. The number of Topliss-reactive ketones (excluding diaryl/α,β-unsaturated/α-hetero) is 1. The Labute approximate surface area is 146 Å². The Morgan fingerprint density at radius 3 is 2.68 bits per heavy atom. The largest absolute Gasteiger partial charge is 0.454 e. The number of esters is 1. The molecule has 1 aromatic rings. The first-order valence-electron chi connectivity index (χ1n) is 8.30. The van der Waals surface area contributed by atoms with E-state index in [0.29, 0.717) is 24.2 Å². The van der Waals surface area contributed by atoms with Crippen molar-refractivity contribution in [2.75, 3.05) is 25.0 Å². The Morgan fingerprint density at radius 2 is 1.92 bits per heavy atom. The third-order valence-electron chi connectivity index (χ3n) is 3.94. The number of amides is 2. The van der Waals surface area contributed by atoms with E-state index in [2.05, 4.69) is 5.32 Å². The van der Waals surface area contributed by atoms with Crippen molar-refractivity contribution in [3.05, 3.63) is 29.8 Å². The third kappa shape index (κ3) is 5.70. The van der Waals surface area contributed by atoms with Crippen molar-refractivity contribution in [3.8, 4) is 0 Å². The molecule has 2 rings (SSSR count). The van der Waals surface area contributed by atoms with Crippen LogP contribution in [-0.4, -0.2) is 48.2 Å². The Morgan fingerprint density at radius 1 is 1.16 bits per heavy atom. The summed E-state index contributed by atoms with van der Waals surface area (Å²) in [4.78, 5) is 48.6. The van der Waals surface area contributed by atoms with Crippen LogP contribution in [0.5, 0.6) is 0 Å². The molecule has 0 unspecified atom stereocenters. The molecule has 1 aliphatic rings. The Balaban J connectivity index is 1.82. The molecule has 7 heteroatoms. The summed E-state index contributed by atoms with van der Waals surface area (Å²) in [6.07, 6.45) is 3.11. The minimum atomic E-state index is -0.620. The zero-order valence-electron chi connectivity index (χ0n) is 14.2. The Kier molecular flexibility index (Phi) is 6.68. The van der Waals surface area contributed by atoms with Gasteiger partial charge in [-0.2, -0.15) is 0 Å². The summed E-state index contributed by atoms with van der Waals surface area (Å²) in [6.45, 7) is 1.33. The summed E-state index contributed by atoms with van der Waals surface area (Å²) < 4.78 is 4.94. The van der Waals surface area contributed by atoms with Crippen LogP contribution in [-0.2, 0) is 19.1 Å². The summed E-state index contributed by atoms with van der Waals surface area (Å²) >= 11 is 0. The molecule has 0 aliphatic carbocycles. The highest BCUT2D eigenvalue weighted by atomic mass is 16.5. The first-order chi connectivity index (χ1) is 12.0. The van der Waals surface area contributed by atoms with E-state index < -0.39 is 18.5 Å². The number of benzene rings is 1. The van der Waals surface area contributed by atoms with Gasteiger partial charge in [0.1, 0.15) is 6.54 Å². The monoisotopic (exact) mass is 346 g/mol. The van der Waals surface area contributed by atoms with E-state index in [0.717, 1.165) is 19.3 Å². The van der Waals surface area contributed by atoms with E-state index in [-0.39, 0.29) is 18.2 Å². The number of likely N-dealkylation sites (tertiary alicyclic amines) is 1. The van der Waals surface area contributed by atoms with Crippen LogP contribution in [0.25, 0.3) is 0 Å². The lowest BCUT2D eigenvalue weighted by molar-refractivity contribution is -0.151. The Hall–Kier alpha value is -2.70. The SMILES string of the molecule is CC(=O)c1ccccc1NC(=O)COC(=O)CN1CCCCCC1=O. The number of hydrogen-bond acceptors (Lipinski definition) is 5. The van der Waals surface area contributed by atoms with E-state index in [9.17, 15) is 19.2 Å². The van der Waals surface area contributed by atoms with Gasteiger partial charge in [0, 0.05) is 18.5 Å². The first-order valence-corrected chi connectivity index (χ1v) is 8.30. The van der Waals surface area contributed by atoms with Gasteiger partial charge >= 0.3 is 5.97 Å². The molecule has 134 valence electrons. The van der Waals surface area contributed by atoms with E-state index in [1.54, 1.807) is 24.3 Å². The standard InChI is InChI=1S/C18H22N2O5/c1-13(21)14-7-4-5-8-15(14)19-16(22)12-25-18(24)11-20-10-6-2-3-9-17(20)23/h4-5,7-8H,2-3,6,9-12H2,1H3,(H,19,22). The van der Waals surface area contributed by atoms with Crippen molar-refractivity contribution in [2.45, 2.75) is 32.6 Å². The lowest BCUT2D eigenvalue weighted by atomic mass is 10.1. The van der Waals surface area contributed by atoms with Crippen LogP contribution >= 0.6 is 0 Å². The maximum absolute atomic E-state index is 11.9. The molecule has 0 atom stereocenters. The summed E-state index contributed by atoms with van der Waals surface area (Å²) in [5, 5.41) is 2.55. The van der Waals surface area contributed by atoms with E-state index in [1.165, 1.54) is 11.8 Å². The highest BCUT2D eigenvalue weighted by molar-refractivity contribution is 6.04. The van der Waals surface area contributed by atoms with Crippen LogP contribution in [0.15, 0.2) is 24.3 Å². The minimum Gasteiger partial charge on any atom is -0.454 e. The number of ether oxygens (including phenoxy) is 1. The van der Waals surface area contributed by atoms with Gasteiger partial charge in [0.2, 0.25) is 5.91 Å². The molecule has 1 saturated heterocycles. The zero-order valence-corrected chi connectivity index (χ0v) is 14.2. The molecule has 0 radical (unpaired) electrons. The van der Waals surface area contributed by atoms with Gasteiger partial charge in [0.15, 0.2) is 12.4 Å². The number of para-hydroxylation sites is 1. The summed E-state index contributed by atoms with van der Waals surface area (Å²) in [5.74, 6) is -1.39. The van der Waals surface area contributed by atoms with Gasteiger partial charge in [-0.15, -0.1) is 0 Å². The highest BCUT2D eigenvalue weighted by Gasteiger charge is 2.20. The second-order valence-corrected chi connectivity index (χ2v) is 5.94. The van der Waals surface area contributed by atoms with Crippen molar-refractivity contribution in [1.82, 2.24) is 4.90 Å². The molecular formula is C18H22N2O5. The highest BCUT2D eigenvalue weighted by Crippen LogP contribution is 2.15. The molecule has 0 bridgehead atoms. The van der Waals surface area contributed by atoms with Crippen molar-refractivity contribution in [3.63, 3.8) is 0 Å². The molecule has 0 spiro atoms. The van der Waals surface area contributed by atoms with E-state index in [4.69, 9.17) is 4.74 Å². The summed E-state index contributed by atoms with van der Waals surface area (Å²) in [7, 11) is 0. The molecule has 0 saturated carbocycles. The molecule has 1 N–H and O–H groups in total. The summed E-state index contributed by atoms with van der Waals surface area (Å²) in [5.41, 5.74) is 0.760. The molecule has 1 heterocycles. The van der Waals surface area contributed by atoms with Crippen LogP contribution in [0.4, 0.5) is 5.69 Å². The maximum Gasteiger partial charge on any atom is 0.326 e. The normalized spacial score (nSPS) is 14.6. The fourth-order valence-corrected chi connectivity index (χ4v) is 2.64. The molecule has 7 nitrogen and oxygen atoms in total. The van der Waals surface area contributed by atoms with Crippen molar-refractivity contribution in [1.29, 1.82) is 0 Å². The topological polar surface area (TPSA) is 92.8 Å². The molecule has 0 aromatic heterocycles. The number of carbonyl (C=O) groups is 4. The molecule has 1 aliphatic heterocycles. The maximum atomic E-state index is 11.9. The van der Waals surface area contributed by atoms with Gasteiger partial charge < -0.3 is 15.0 Å². The number of rotatable bonds is 6. The third-order valence-corrected chi connectivity index (χ3v) is 3.94. The van der Waals surface area contributed by atoms with Crippen molar-refractivity contribution < 1.29 is 23.9 Å². The second kappa shape index (κ2) is 8.96. The average molecular weight is 346 g/mol. The van der Waals surface area contributed by atoms with Gasteiger partial charge in [0.25, 0.3) is 5.91 Å². The summed E-state index contributed by atoms with van der Waals surface area (Å²) in [6, 6.07) is 6.60. The van der Waals surface area contributed by atoms with Gasteiger partial charge in [-0.1, -0.05) is 18.6 Å². The van der Waals surface area contributed by atoms with E-state index >= 15 is 0 Å². The zero-order chi connectivity index (χ0) is 18.2.